The zero-order valence-corrected chi connectivity index (χ0v) is 12.5. The fourth-order valence-electron chi connectivity index (χ4n) is 1.68. The minimum absolute atomic E-state index is 0.526. The van der Waals surface area contributed by atoms with Crippen molar-refractivity contribution in [3.63, 3.8) is 0 Å². The highest BCUT2D eigenvalue weighted by Crippen LogP contribution is 2.18. The van der Waals surface area contributed by atoms with Gasteiger partial charge in [-0.1, -0.05) is 0 Å². The molecule has 1 heterocycles. The zero-order chi connectivity index (χ0) is 19.0. The molecule has 1 fully saturated rings. The molecule has 0 bridgehead atoms. The van der Waals surface area contributed by atoms with E-state index in [1.54, 1.807) is 0 Å². The molecule has 24 heavy (non-hydrogen) atoms. The quantitative estimate of drug-likeness (QED) is 0.213. The molecule has 0 saturated carbocycles. The first-order valence-corrected chi connectivity index (χ1v) is 6.89. The standard InChI is InChI=1S/2C6H12O6/c7-1-2-3(8)4(9)5(10)6(11)12-2;7-1-3(9)5(11)6(12)4(10)2-8/h2-11H,1H2;3,5-9,11-12H,1-2H2/t2-,3-,4+,5-,6?;3-,5+,6-/m11/s1. The van der Waals surface area contributed by atoms with E-state index in [1.807, 2.05) is 0 Å². The van der Waals surface area contributed by atoms with Gasteiger partial charge < -0.3 is 55.8 Å². The minimum atomic E-state index is -1.86. The summed E-state index contributed by atoms with van der Waals surface area (Å²) in [6, 6.07) is 0. The molecule has 1 aliphatic heterocycles. The maximum absolute atomic E-state index is 10.5. The summed E-state index contributed by atoms with van der Waals surface area (Å²) in [6.07, 6.45) is -12.3. The highest BCUT2D eigenvalue weighted by Gasteiger charge is 2.42. The van der Waals surface area contributed by atoms with Crippen molar-refractivity contribution in [3.05, 3.63) is 0 Å². The fourth-order valence-corrected chi connectivity index (χ4v) is 1.68. The SMILES string of the molecule is O=C(CO)[C@@H](O)[C@@H](O)[C@H](O)CO.OC[C@H]1OC(O)[C@H](O)[C@@H](O)[C@@H]1O. The van der Waals surface area contributed by atoms with E-state index in [0.29, 0.717) is 0 Å². The maximum Gasteiger partial charge on any atom is 0.189 e. The lowest BCUT2D eigenvalue weighted by Crippen LogP contribution is -2.58. The van der Waals surface area contributed by atoms with E-state index >= 15 is 0 Å². The molecule has 12 nitrogen and oxygen atoms in total. The summed E-state index contributed by atoms with van der Waals surface area (Å²) in [5.41, 5.74) is 0. The van der Waals surface area contributed by atoms with E-state index in [4.69, 9.17) is 51.1 Å². The van der Waals surface area contributed by atoms with Crippen LogP contribution in [-0.4, -0.2) is 126 Å². The summed E-state index contributed by atoms with van der Waals surface area (Å²) < 4.78 is 4.58. The summed E-state index contributed by atoms with van der Waals surface area (Å²) in [5.74, 6) is -1.00. The Morgan fingerprint density at radius 1 is 0.917 bits per heavy atom. The van der Waals surface area contributed by atoms with Gasteiger partial charge in [-0.25, -0.2) is 0 Å². The van der Waals surface area contributed by atoms with Crippen LogP contribution < -0.4 is 0 Å². The molecule has 0 amide bonds. The Morgan fingerprint density at radius 2 is 1.46 bits per heavy atom. The number of aliphatic hydroxyl groups excluding tert-OH is 10. The third-order valence-electron chi connectivity index (χ3n) is 3.26. The van der Waals surface area contributed by atoms with Crippen LogP contribution in [0.4, 0.5) is 0 Å². The van der Waals surface area contributed by atoms with Gasteiger partial charge in [0.15, 0.2) is 12.1 Å². The molecule has 0 aliphatic carbocycles. The molecule has 1 aliphatic rings. The van der Waals surface area contributed by atoms with Crippen LogP contribution >= 0.6 is 0 Å². The highest BCUT2D eigenvalue weighted by molar-refractivity contribution is 5.84. The Balaban J connectivity index is 0.000000441. The third kappa shape index (κ3) is 6.27. The predicted molar refractivity (Wildman–Crippen MR) is 73.2 cm³/mol. The maximum atomic E-state index is 10.5. The van der Waals surface area contributed by atoms with Crippen LogP contribution in [0.1, 0.15) is 0 Å². The summed E-state index contributed by atoms with van der Waals surface area (Å²) >= 11 is 0. The topological polar surface area (TPSA) is 229 Å². The molecule has 8 atom stereocenters. The number of carbonyl (C=O) groups excluding carboxylic acids is 1. The second-order valence-corrected chi connectivity index (χ2v) is 5.03. The average Bonchev–Trinajstić information content (AvgIpc) is 2.60. The van der Waals surface area contributed by atoms with Crippen molar-refractivity contribution in [2.75, 3.05) is 19.8 Å². The first-order valence-electron chi connectivity index (χ1n) is 6.89. The highest BCUT2D eigenvalue weighted by atomic mass is 16.6. The monoisotopic (exact) mass is 360 g/mol. The lowest BCUT2D eigenvalue weighted by Gasteiger charge is -2.37. The van der Waals surface area contributed by atoms with Crippen molar-refractivity contribution in [2.24, 2.45) is 0 Å². The van der Waals surface area contributed by atoms with Crippen LogP contribution in [0.15, 0.2) is 0 Å². The van der Waals surface area contributed by atoms with E-state index < -0.39 is 74.6 Å². The summed E-state index contributed by atoms with van der Waals surface area (Å²) in [7, 11) is 0. The Kier molecular flexibility index (Phi) is 10.6. The number of hydrogen-bond acceptors (Lipinski definition) is 12. The van der Waals surface area contributed by atoms with Gasteiger partial charge in [0.25, 0.3) is 0 Å². The number of Topliss-reactive ketones (excluding diaryl/α,β-unsaturated/α-hetero) is 1. The van der Waals surface area contributed by atoms with Crippen molar-refractivity contribution in [3.8, 4) is 0 Å². The van der Waals surface area contributed by atoms with Crippen LogP contribution in [0.25, 0.3) is 0 Å². The van der Waals surface area contributed by atoms with Crippen LogP contribution in [0.5, 0.6) is 0 Å². The number of ketones is 1. The van der Waals surface area contributed by atoms with Gasteiger partial charge >= 0.3 is 0 Å². The van der Waals surface area contributed by atoms with E-state index in [-0.39, 0.29) is 0 Å². The van der Waals surface area contributed by atoms with Gasteiger partial charge in [-0.15, -0.1) is 0 Å². The lowest BCUT2D eigenvalue weighted by molar-refractivity contribution is -0.286. The number of rotatable bonds is 6. The summed E-state index contributed by atoms with van der Waals surface area (Å²) in [6.45, 7) is -2.21. The smallest absolute Gasteiger partial charge is 0.189 e. The lowest BCUT2D eigenvalue weighted by atomic mass is 10.00. The fraction of sp³-hybridized carbons (Fsp3) is 0.917. The van der Waals surface area contributed by atoms with Crippen LogP contribution in [-0.2, 0) is 9.53 Å². The first kappa shape index (κ1) is 23.2. The number of carbonyl (C=O) groups is 1. The number of hydrogen-bond donors (Lipinski definition) is 10. The van der Waals surface area contributed by atoms with E-state index in [2.05, 4.69) is 4.74 Å². The van der Waals surface area contributed by atoms with Gasteiger partial charge in [0.2, 0.25) is 0 Å². The van der Waals surface area contributed by atoms with Crippen molar-refractivity contribution in [1.82, 2.24) is 0 Å². The van der Waals surface area contributed by atoms with Crippen molar-refractivity contribution < 1.29 is 60.6 Å². The molecule has 1 saturated heterocycles. The van der Waals surface area contributed by atoms with Crippen LogP contribution in [0, 0.1) is 0 Å². The number of aliphatic hydroxyl groups is 10. The van der Waals surface area contributed by atoms with Gasteiger partial charge in [0, 0.05) is 0 Å². The Hall–Kier alpha value is -0.770. The molecule has 1 rings (SSSR count). The Bertz CT molecular complexity index is 361. The molecule has 144 valence electrons. The van der Waals surface area contributed by atoms with Crippen molar-refractivity contribution in [1.29, 1.82) is 0 Å². The van der Waals surface area contributed by atoms with Crippen molar-refractivity contribution >= 4 is 5.78 Å². The molecule has 1 unspecified atom stereocenters. The largest absolute Gasteiger partial charge is 0.394 e. The molecular weight excluding hydrogens is 336 g/mol. The van der Waals surface area contributed by atoms with Crippen LogP contribution in [0.2, 0.25) is 0 Å². The molecule has 10 N–H and O–H groups in total. The minimum Gasteiger partial charge on any atom is -0.394 e. The molecule has 0 aromatic rings. The zero-order valence-electron chi connectivity index (χ0n) is 12.5. The summed E-state index contributed by atoms with van der Waals surface area (Å²) in [5, 5.41) is 87.7. The van der Waals surface area contributed by atoms with Crippen molar-refractivity contribution in [2.45, 2.75) is 49.0 Å². The predicted octanol–water partition coefficient (Wildman–Crippen LogP) is -6.60. The van der Waals surface area contributed by atoms with Gasteiger partial charge in [-0.2, -0.15) is 0 Å². The number of ether oxygens (including phenoxy) is 1. The first-order chi connectivity index (χ1) is 11.1. The summed E-state index contributed by atoms with van der Waals surface area (Å²) in [4.78, 5) is 10.5. The second-order valence-electron chi connectivity index (χ2n) is 5.03. The van der Waals surface area contributed by atoms with Gasteiger partial charge in [0.1, 0.15) is 49.3 Å². The average molecular weight is 360 g/mol. The molecule has 0 radical (unpaired) electrons. The van der Waals surface area contributed by atoms with E-state index in [1.165, 1.54) is 0 Å². The van der Waals surface area contributed by atoms with Gasteiger partial charge in [-0.05, 0) is 0 Å². The second kappa shape index (κ2) is 11.0. The normalized spacial score (nSPS) is 33.8. The molecule has 0 aromatic carbocycles. The molecule has 0 spiro atoms. The van der Waals surface area contributed by atoms with Crippen LogP contribution in [0.3, 0.4) is 0 Å². The Labute approximate surface area is 136 Å². The third-order valence-corrected chi connectivity index (χ3v) is 3.26. The Morgan fingerprint density at radius 3 is 1.88 bits per heavy atom. The van der Waals surface area contributed by atoms with Gasteiger partial charge in [-0.3, -0.25) is 4.79 Å². The molecular formula is C12H24O12. The molecule has 0 aromatic heterocycles. The van der Waals surface area contributed by atoms with Gasteiger partial charge in [0.05, 0.1) is 13.2 Å². The van der Waals surface area contributed by atoms with E-state index in [9.17, 15) is 4.79 Å². The van der Waals surface area contributed by atoms with E-state index in [0.717, 1.165) is 0 Å². The molecule has 12 heteroatoms.